The van der Waals surface area contributed by atoms with Gasteiger partial charge in [0.15, 0.2) is 0 Å². The molecule has 1 aromatic heterocycles. The Hall–Kier alpha value is -2.21. The van der Waals surface area contributed by atoms with Gasteiger partial charge in [0.05, 0.1) is 11.2 Å². The molecule has 1 amide bonds. The summed E-state index contributed by atoms with van der Waals surface area (Å²) in [5, 5.41) is 6.93. The highest BCUT2D eigenvalue weighted by molar-refractivity contribution is 5.88. The number of benzene rings is 1. The number of hydrogen-bond acceptors (Lipinski definition) is 4. The zero-order valence-corrected chi connectivity index (χ0v) is 10.4. The summed E-state index contributed by atoms with van der Waals surface area (Å²) in [6.45, 7) is 0.473. The van der Waals surface area contributed by atoms with Gasteiger partial charge in [-0.1, -0.05) is 12.1 Å². The molecule has 0 bridgehead atoms. The molecule has 1 aliphatic rings. The minimum absolute atomic E-state index is 0.0707. The van der Waals surface area contributed by atoms with Crippen molar-refractivity contribution in [2.24, 2.45) is 5.73 Å². The number of amides is 1. The van der Waals surface area contributed by atoms with Crippen molar-refractivity contribution in [3.8, 4) is 5.69 Å². The lowest BCUT2D eigenvalue weighted by molar-refractivity contribution is -0.123. The maximum Gasteiger partial charge on any atom is 0.240 e. The zero-order valence-electron chi connectivity index (χ0n) is 10.4. The Morgan fingerprint density at radius 1 is 1.47 bits per heavy atom. The molecule has 6 heteroatoms. The van der Waals surface area contributed by atoms with Gasteiger partial charge in [-0.25, -0.2) is 9.67 Å². The van der Waals surface area contributed by atoms with Gasteiger partial charge >= 0.3 is 0 Å². The van der Waals surface area contributed by atoms with Crippen LogP contribution in [0.5, 0.6) is 0 Å². The highest BCUT2D eigenvalue weighted by atomic mass is 16.2. The van der Waals surface area contributed by atoms with Crippen LogP contribution in [0.4, 0.5) is 0 Å². The van der Waals surface area contributed by atoms with E-state index in [4.69, 9.17) is 5.73 Å². The fourth-order valence-corrected chi connectivity index (χ4v) is 1.87. The predicted molar refractivity (Wildman–Crippen MR) is 69.4 cm³/mol. The van der Waals surface area contributed by atoms with Crippen molar-refractivity contribution in [2.45, 2.75) is 24.9 Å². The van der Waals surface area contributed by atoms with Crippen LogP contribution in [-0.2, 0) is 11.3 Å². The second-order valence-electron chi connectivity index (χ2n) is 4.85. The Kier molecular flexibility index (Phi) is 2.79. The third-order valence-electron chi connectivity index (χ3n) is 3.29. The monoisotopic (exact) mass is 257 g/mol. The normalized spacial score (nSPS) is 16.1. The molecule has 1 saturated carbocycles. The Morgan fingerprint density at radius 3 is 3.00 bits per heavy atom. The molecule has 3 N–H and O–H groups in total. The molecule has 2 aromatic rings. The van der Waals surface area contributed by atoms with Gasteiger partial charge in [0.2, 0.25) is 5.91 Å². The van der Waals surface area contributed by atoms with Gasteiger partial charge in [-0.05, 0) is 30.5 Å². The Labute approximate surface area is 110 Å². The molecule has 0 aliphatic heterocycles. The molecule has 1 heterocycles. The third-order valence-corrected chi connectivity index (χ3v) is 3.29. The van der Waals surface area contributed by atoms with Crippen molar-refractivity contribution in [1.82, 2.24) is 20.1 Å². The molecule has 6 nitrogen and oxygen atoms in total. The predicted octanol–water partition coefficient (Wildman–Crippen LogP) is 0.375. The number of nitrogens with one attached hydrogen (secondary N) is 1. The topological polar surface area (TPSA) is 85.8 Å². The number of aromatic nitrogens is 3. The molecule has 1 aliphatic carbocycles. The van der Waals surface area contributed by atoms with E-state index in [1.165, 1.54) is 6.33 Å². The third kappa shape index (κ3) is 2.48. The Bertz CT molecular complexity index is 589. The Balaban J connectivity index is 1.68. The molecule has 0 saturated heterocycles. The second kappa shape index (κ2) is 4.47. The molecule has 0 atom stereocenters. The van der Waals surface area contributed by atoms with Gasteiger partial charge in [-0.3, -0.25) is 4.79 Å². The summed E-state index contributed by atoms with van der Waals surface area (Å²) in [5.41, 5.74) is 7.13. The molecule has 0 radical (unpaired) electrons. The van der Waals surface area contributed by atoms with Crippen molar-refractivity contribution in [3.05, 3.63) is 42.5 Å². The maximum atomic E-state index is 11.8. The first-order valence-electron chi connectivity index (χ1n) is 6.18. The zero-order chi connectivity index (χ0) is 13.3. The summed E-state index contributed by atoms with van der Waals surface area (Å²) < 4.78 is 1.68. The molecule has 0 spiro atoms. The fraction of sp³-hybridized carbons (Fsp3) is 0.308. The summed E-state index contributed by atoms with van der Waals surface area (Å²) in [5.74, 6) is -0.0707. The summed E-state index contributed by atoms with van der Waals surface area (Å²) >= 11 is 0. The van der Waals surface area contributed by atoms with Crippen LogP contribution in [0.15, 0.2) is 36.9 Å². The van der Waals surface area contributed by atoms with Gasteiger partial charge in [0.25, 0.3) is 0 Å². The van der Waals surface area contributed by atoms with E-state index in [-0.39, 0.29) is 5.91 Å². The molecule has 1 fully saturated rings. The number of nitrogens with zero attached hydrogens (tertiary/aromatic N) is 3. The van der Waals surface area contributed by atoms with E-state index < -0.39 is 5.54 Å². The van der Waals surface area contributed by atoms with E-state index in [9.17, 15) is 4.79 Å². The lowest BCUT2D eigenvalue weighted by Crippen LogP contribution is -2.42. The van der Waals surface area contributed by atoms with Crippen molar-refractivity contribution >= 4 is 5.91 Å². The molecule has 0 unspecified atom stereocenters. The van der Waals surface area contributed by atoms with E-state index in [2.05, 4.69) is 15.4 Å². The van der Waals surface area contributed by atoms with Gasteiger partial charge in [0, 0.05) is 6.54 Å². The largest absolute Gasteiger partial charge is 0.350 e. The highest BCUT2D eigenvalue weighted by Gasteiger charge is 2.45. The smallest absolute Gasteiger partial charge is 0.240 e. The van der Waals surface area contributed by atoms with Crippen molar-refractivity contribution in [1.29, 1.82) is 0 Å². The lowest BCUT2D eigenvalue weighted by atomic mass is 10.2. The van der Waals surface area contributed by atoms with Crippen LogP contribution < -0.4 is 11.1 Å². The van der Waals surface area contributed by atoms with Crippen LogP contribution >= 0.6 is 0 Å². The lowest BCUT2D eigenvalue weighted by Gasteiger charge is -2.10. The minimum atomic E-state index is -0.622. The van der Waals surface area contributed by atoms with E-state index in [1.807, 2.05) is 24.3 Å². The van der Waals surface area contributed by atoms with Crippen LogP contribution in [-0.4, -0.2) is 26.2 Å². The fourth-order valence-electron chi connectivity index (χ4n) is 1.87. The van der Waals surface area contributed by atoms with E-state index in [0.717, 1.165) is 24.1 Å². The standard InChI is InChI=1S/C13H15N5O/c14-13(4-5-13)12(19)16-7-10-2-1-3-11(6-10)18-9-15-8-17-18/h1-3,6,8-9H,4-5,7,14H2,(H,16,19). The van der Waals surface area contributed by atoms with Crippen molar-refractivity contribution in [2.75, 3.05) is 0 Å². The van der Waals surface area contributed by atoms with Crippen LogP contribution in [0, 0.1) is 0 Å². The molecule has 98 valence electrons. The molecule has 19 heavy (non-hydrogen) atoms. The maximum absolute atomic E-state index is 11.8. The average molecular weight is 257 g/mol. The second-order valence-corrected chi connectivity index (χ2v) is 4.85. The SMILES string of the molecule is NC1(C(=O)NCc2cccc(-n3cncn3)c2)CC1. The van der Waals surface area contributed by atoms with Crippen molar-refractivity contribution < 1.29 is 4.79 Å². The average Bonchev–Trinajstić information content (AvgIpc) is 2.96. The summed E-state index contributed by atoms with van der Waals surface area (Å²) in [6.07, 6.45) is 4.67. The number of carbonyl (C=O) groups is 1. The van der Waals surface area contributed by atoms with E-state index in [1.54, 1.807) is 11.0 Å². The first-order valence-corrected chi connectivity index (χ1v) is 6.18. The summed E-state index contributed by atoms with van der Waals surface area (Å²) in [4.78, 5) is 15.7. The number of nitrogens with two attached hydrogens (primary N) is 1. The number of hydrogen-bond donors (Lipinski definition) is 2. The first kappa shape index (κ1) is 11.9. The van der Waals surface area contributed by atoms with Crippen LogP contribution in [0.3, 0.4) is 0 Å². The minimum Gasteiger partial charge on any atom is -0.350 e. The van der Waals surface area contributed by atoms with Gasteiger partial charge < -0.3 is 11.1 Å². The first-order chi connectivity index (χ1) is 9.17. The quantitative estimate of drug-likeness (QED) is 0.829. The summed E-state index contributed by atoms with van der Waals surface area (Å²) in [6, 6.07) is 7.78. The molecule has 1 aromatic carbocycles. The summed E-state index contributed by atoms with van der Waals surface area (Å²) in [7, 11) is 0. The van der Waals surface area contributed by atoms with Crippen LogP contribution in [0.25, 0.3) is 5.69 Å². The molecular formula is C13H15N5O. The molecule has 3 rings (SSSR count). The van der Waals surface area contributed by atoms with Gasteiger partial charge in [-0.15, -0.1) is 0 Å². The van der Waals surface area contributed by atoms with Gasteiger partial charge in [0.1, 0.15) is 12.7 Å². The number of carbonyl (C=O) groups excluding carboxylic acids is 1. The number of rotatable bonds is 4. The van der Waals surface area contributed by atoms with Crippen LogP contribution in [0.2, 0.25) is 0 Å². The van der Waals surface area contributed by atoms with Gasteiger partial charge in [-0.2, -0.15) is 5.10 Å². The Morgan fingerprint density at radius 2 is 2.32 bits per heavy atom. The van der Waals surface area contributed by atoms with Crippen LogP contribution in [0.1, 0.15) is 18.4 Å². The van der Waals surface area contributed by atoms with E-state index >= 15 is 0 Å². The molecular weight excluding hydrogens is 242 g/mol. The van der Waals surface area contributed by atoms with E-state index in [0.29, 0.717) is 6.54 Å². The van der Waals surface area contributed by atoms with Crippen molar-refractivity contribution in [3.63, 3.8) is 0 Å². The highest BCUT2D eigenvalue weighted by Crippen LogP contribution is 2.32.